The van der Waals surface area contributed by atoms with Gasteiger partial charge in [0.15, 0.2) is 0 Å². The first-order valence-corrected chi connectivity index (χ1v) is 7.26. The van der Waals surface area contributed by atoms with Crippen molar-refractivity contribution in [1.82, 2.24) is 10.2 Å². The van der Waals surface area contributed by atoms with E-state index in [4.69, 9.17) is 5.73 Å². The Balaban J connectivity index is 0.00000441. The van der Waals surface area contributed by atoms with E-state index < -0.39 is 6.04 Å². The summed E-state index contributed by atoms with van der Waals surface area (Å²) < 4.78 is 0. The van der Waals surface area contributed by atoms with Crippen molar-refractivity contribution in [2.45, 2.75) is 32.9 Å². The largest absolute Gasteiger partial charge is 0.346 e. The molecule has 6 heteroatoms. The molecular formula is C16H26ClN3O2. The molecule has 0 saturated carbocycles. The fraction of sp³-hybridized carbons (Fsp3) is 0.500. The lowest BCUT2D eigenvalue weighted by Crippen LogP contribution is -2.47. The molecular weight excluding hydrogens is 302 g/mol. The van der Waals surface area contributed by atoms with Gasteiger partial charge in [-0.05, 0) is 11.5 Å². The number of amides is 2. The fourth-order valence-electron chi connectivity index (χ4n) is 1.87. The van der Waals surface area contributed by atoms with Gasteiger partial charge in [-0.2, -0.15) is 0 Å². The van der Waals surface area contributed by atoms with Crippen molar-refractivity contribution in [3.8, 4) is 0 Å². The lowest BCUT2D eigenvalue weighted by molar-refractivity contribution is -0.132. The summed E-state index contributed by atoms with van der Waals surface area (Å²) in [6, 6.07) is 9.15. The Kier molecular flexibility index (Phi) is 9.45. The van der Waals surface area contributed by atoms with Crippen LogP contribution in [0.2, 0.25) is 0 Å². The third kappa shape index (κ3) is 6.45. The molecule has 1 aromatic rings. The molecule has 0 spiro atoms. The van der Waals surface area contributed by atoms with Crippen molar-refractivity contribution in [2.24, 2.45) is 11.7 Å². The van der Waals surface area contributed by atoms with Crippen molar-refractivity contribution >= 4 is 24.2 Å². The van der Waals surface area contributed by atoms with Crippen LogP contribution in [-0.4, -0.2) is 36.3 Å². The van der Waals surface area contributed by atoms with Crippen LogP contribution in [0.1, 0.15) is 25.8 Å². The Labute approximate surface area is 138 Å². The highest BCUT2D eigenvalue weighted by atomic mass is 35.5. The summed E-state index contributed by atoms with van der Waals surface area (Å²) in [7, 11) is 1.72. The Hall–Kier alpha value is -1.59. The predicted molar refractivity (Wildman–Crippen MR) is 90.6 cm³/mol. The molecule has 0 saturated heterocycles. The molecule has 0 aliphatic heterocycles. The second-order valence-corrected chi connectivity index (χ2v) is 5.36. The van der Waals surface area contributed by atoms with E-state index in [9.17, 15) is 9.59 Å². The van der Waals surface area contributed by atoms with Crippen molar-refractivity contribution in [3.63, 3.8) is 0 Å². The SMILES string of the molecule is CCC(C)C(N)C(=O)NCC(=O)N(C)Cc1ccccc1.Cl. The summed E-state index contributed by atoms with van der Waals surface area (Å²) in [5, 5.41) is 2.61. The zero-order valence-corrected chi connectivity index (χ0v) is 14.2. The molecule has 2 atom stereocenters. The van der Waals surface area contributed by atoms with Gasteiger partial charge in [-0.15, -0.1) is 12.4 Å². The normalized spacial score (nSPS) is 12.7. The molecule has 124 valence electrons. The Bertz CT molecular complexity index is 468. The molecule has 0 aliphatic carbocycles. The Morgan fingerprint density at radius 1 is 1.27 bits per heavy atom. The number of rotatable bonds is 7. The summed E-state index contributed by atoms with van der Waals surface area (Å²) in [6.45, 7) is 4.41. The van der Waals surface area contributed by atoms with E-state index >= 15 is 0 Å². The van der Waals surface area contributed by atoms with Gasteiger partial charge in [-0.3, -0.25) is 9.59 Å². The van der Waals surface area contributed by atoms with Crippen LogP contribution in [-0.2, 0) is 16.1 Å². The average molecular weight is 328 g/mol. The van der Waals surface area contributed by atoms with Crippen LogP contribution in [0.5, 0.6) is 0 Å². The van der Waals surface area contributed by atoms with Crippen LogP contribution in [0, 0.1) is 5.92 Å². The monoisotopic (exact) mass is 327 g/mol. The lowest BCUT2D eigenvalue weighted by atomic mass is 9.99. The fourth-order valence-corrected chi connectivity index (χ4v) is 1.87. The van der Waals surface area contributed by atoms with Gasteiger partial charge in [0.25, 0.3) is 0 Å². The Morgan fingerprint density at radius 2 is 1.86 bits per heavy atom. The molecule has 3 N–H and O–H groups in total. The standard InChI is InChI=1S/C16H25N3O2.ClH/c1-4-12(2)15(17)16(21)18-10-14(20)19(3)11-13-8-6-5-7-9-13;/h5-9,12,15H,4,10-11,17H2,1-3H3,(H,18,21);1H. The predicted octanol–water partition coefficient (Wildman–Crippen LogP) is 1.56. The first kappa shape index (κ1) is 20.4. The molecule has 2 amide bonds. The summed E-state index contributed by atoms with van der Waals surface area (Å²) >= 11 is 0. The summed E-state index contributed by atoms with van der Waals surface area (Å²) in [5.41, 5.74) is 6.87. The molecule has 1 rings (SSSR count). The zero-order valence-electron chi connectivity index (χ0n) is 13.4. The van der Waals surface area contributed by atoms with Crippen LogP contribution in [0.25, 0.3) is 0 Å². The van der Waals surface area contributed by atoms with Gasteiger partial charge in [0, 0.05) is 13.6 Å². The van der Waals surface area contributed by atoms with Gasteiger partial charge in [0.2, 0.25) is 11.8 Å². The van der Waals surface area contributed by atoms with E-state index in [0.717, 1.165) is 12.0 Å². The van der Waals surface area contributed by atoms with Crippen LogP contribution in [0.15, 0.2) is 30.3 Å². The molecule has 22 heavy (non-hydrogen) atoms. The summed E-state index contributed by atoms with van der Waals surface area (Å²) in [6.07, 6.45) is 0.830. The van der Waals surface area contributed by atoms with Crippen molar-refractivity contribution in [3.05, 3.63) is 35.9 Å². The quantitative estimate of drug-likeness (QED) is 0.798. The topological polar surface area (TPSA) is 75.4 Å². The molecule has 5 nitrogen and oxygen atoms in total. The second kappa shape index (κ2) is 10.2. The number of carbonyl (C=O) groups is 2. The third-order valence-corrected chi connectivity index (χ3v) is 3.66. The number of nitrogens with one attached hydrogen (secondary N) is 1. The highest BCUT2D eigenvalue weighted by Gasteiger charge is 2.20. The summed E-state index contributed by atoms with van der Waals surface area (Å²) in [4.78, 5) is 25.4. The maximum atomic E-state index is 12.0. The minimum Gasteiger partial charge on any atom is -0.346 e. The van der Waals surface area contributed by atoms with E-state index in [0.29, 0.717) is 6.54 Å². The molecule has 0 fully saturated rings. The van der Waals surface area contributed by atoms with Gasteiger partial charge in [0.1, 0.15) is 0 Å². The van der Waals surface area contributed by atoms with Gasteiger partial charge in [-0.1, -0.05) is 50.6 Å². The minimum atomic E-state index is -0.567. The maximum Gasteiger partial charge on any atom is 0.242 e. The van der Waals surface area contributed by atoms with Gasteiger partial charge < -0.3 is 16.0 Å². The van der Waals surface area contributed by atoms with E-state index in [2.05, 4.69) is 5.32 Å². The van der Waals surface area contributed by atoms with Crippen molar-refractivity contribution in [1.29, 1.82) is 0 Å². The first-order valence-electron chi connectivity index (χ1n) is 7.26. The lowest BCUT2D eigenvalue weighted by Gasteiger charge is -2.20. The van der Waals surface area contributed by atoms with Crippen LogP contribution < -0.4 is 11.1 Å². The molecule has 0 heterocycles. The van der Waals surface area contributed by atoms with E-state index in [1.165, 1.54) is 0 Å². The summed E-state index contributed by atoms with van der Waals surface area (Å²) in [5.74, 6) is -0.309. The van der Waals surface area contributed by atoms with Crippen LogP contribution in [0.4, 0.5) is 0 Å². The van der Waals surface area contributed by atoms with Gasteiger partial charge >= 0.3 is 0 Å². The van der Waals surface area contributed by atoms with Gasteiger partial charge in [-0.25, -0.2) is 0 Å². The number of carbonyl (C=O) groups excluding carboxylic acids is 2. The minimum absolute atomic E-state index is 0. The number of nitrogens with zero attached hydrogens (tertiary/aromatic N) is 1. The number of benzene rings is 1. The second-order valence-electron chi connectivity index (χ2n) is 5.36. The van der Waals surface area contributed by atoms with Crippen molar-refractivity contribution < 1.29 is 9.59 Å². The molecule has 1 aromatic carbocycles. The number of nitrogens with two attached hydrogens (primary N) is 1. The first-order chi connectivity index (χ1) is 9.95. The van der Waals surface area contributed by atoms with E-state index in [1.807, 2.05) is 44.2 Å². The number of hydrogen-bond donors (Lipinski definition) is 2. The molecule has 0 aliphatic rings. The average Bonchev–Trinajstić information content (AvgIpc) is 2.51. The maximum absolute atomic E-state index is 12.0. The highest BCUT2D eigenvalue weighted by molar-refractivity contribution is 5.87. The molecule has 0 radical (unpaired) electrons. The highest BCUT2D eigenvalue weighted by Crippen LogP contribution is 2.05. The third-order valence-electron chi connectivity index (χ3n) is 3.66. The molecule has 0 bridgehead atoms. The number of halogens is 1. The number of hydrogen-bond acceptors (Lipinski definition) is 3. The molecule has 0 aromatic heterocycles. The van der Waals surface area contributed by atoms with Gasteiger partial charge in [0.05, 0.1) is 12.6 Å². The molecule has 2 unspecified atom stereocenters. The van der Waals surface area contributed by atoms with Crippen molar-refractivity contribution in [2.75, 3.05) is 13.6 Å². The number of likely N-dealkylation sites (N-methyl/N-ethyl adjacent to an activating group) is 1. The van der Waals surface area contributed by atoms with Crippen LogP contribution >= 0.6 is 12.4 Å². The van der Waals surface area contributed by atoms with E-state index in [1.54, 1.807) is 11.9 Å². The van der Waals surface area contributed by atoms with Crippen LogP contribution in [0.3, 0.4) is 0 Å². The van der Waals surface area contributed by atoms with E-state index in [-0.39, 0.29) is 36.7 Å². The Morgan fingerprint density at radius 3 is 2.41 bits per heavy atom. The zero-order chi connectivity index (χ0) is 15.8. The smallest absolute Gasteiger partial charge is 0.242 e.